The summed E-state index contributed by atoms with van der Waals surface area (Å²) in [6.07, 6.45) is 0.998. The molecule has 33 heavy (non-hydrogen) atoms. The third kappa shape index (κ3) is 4.99. The molecule has 0 radical (unpaired) electrons. The molecular formula is C28H30N4O. The number of aromatic nitrogens is 2. The number of nitrogens with zero attached hydrogens (tertiary/aromatic N) is 4. The first-order valence-electron chi connectivity index (χ1n) is 11.8. The van der Waals surface area contributed by atoms with Crippen molar-refractivity contribution in [3.63, 3.8) is 0 Å². The van der Waals surface area contributed by atoms with E-state index >= 15 is 0 Å². The minimum atomic E-state index is 0.728. The summed E-state index contributed by atoms with van der Waals surface area (Å²) in [5.74, 6) is 2.68. The second-order valence-corrected chi connectivity index (χ2v) is 8.51. The normalized spacial score (nSPS) is 14.5. The summed E-state index contributed by atoms with van der Waals surface area (Å²) >= 11 is 0. The van der Waals surface area contributed by atoms with Crippen LogP contribution in [0.3, 0.4) is 0 Å². The van der Waals surface area contributed by atoms with Crippen molar-refractivity contribution in [3.05, 3.63) is 84.4 Å². The van der Waals surface area contributed by atoms with Crippen molar-refractivity contribution < 1.29 is 4.74 Å². The van der Waals surface area contributed by atoms with Gasteiger partial charge in [-0.05, 0) is 48.4 Å². The fourth-order valence-corrected chi connectivity index (χ4v) is 4.31. The molecule has 0 spiro atoms. The van der Waals surface area contributed by atoms with Crippen LogP contribution in [0.4, 0.5) is 5.82 Å². The van der Waals surface area contributed by atoms with Gasteiger partial charge in [-0.15, -0.1) is 0 Å². The van der Waals surface area contributed by atoms with Crippen LogP contribution in [0.1, 0.15) is 18.9 Å². The molecule has 2 heterocycles. The highest BCUT2D eigenvalue weighted by atomic mass is 16.5. The average Bonchev–Trinajstić information content (AvgIpc) is 2.88. The molecule has 0 bridgehead atoms. The zero-order valence-electron chi connectivity index (χ0n) is 19.2. The number of piperazine rings is 1. The lowest BCUT2D eigenvalue weighted by atomic mass is 10.1. The summed E-state index contributed by atoms with van der Waals surface area (Å²) in [7, 11) is 0. The Labute approximate surface area is 195 Å². The summed E-state index contributed by atoms with van der Waals surface area (Å²) < 4.78 is 5.73. The lowest BCUT2D eigenvalue weighted by Gasteiger charge is -2.36. The van der Waals surface area contributed by atoms with Crippen molar-refractivity contribution >= 4 is 16.7 Å². The quantitative estimate of drug-likeness (QED) is 0.386. The average molecular weight is 439 g/mol. The highest BCUT2D eigenvalue weighted by Gasteiger charge is 2.21. The van der Waals surface area contributed by atoms with Crippen LogP contribution in [0.25, 0.3) is 22.3 Å². The lowest BCUT2D eigenvalue weighted by molar-refractivity contribution is 0.249. The van der Waals surface area contributed by atoms with Gasteiger partial charge in [0.2, 0.25) is 0 Å². The Morgan fingerprint density at radius 3 is 2.27 bits per heavy atom. The summed E-state index contributed by atoms with van der Waals surface area (Å²) in [4.78, 5) is 14.9. The van der Waals surface area contributed by atoms with Crippen molar-refractivity contribution in [2.24, 2.45) is 0 Å². The van der Waals surface area contributed by atoms with Crippen LogP contribution < -0.4 is 9.64 Å². The van der Waals surface area contributed by atoms with Crippen molar-refractivity contribution in [1.82, 2.24) is 14.9 Å². The van der Waals surface area contributed by atoms with E-state index in [0.717, 1.165) is 79.6 Å². The van der Waals surface area contributed by atoms with Crippen LogP contribution in [-0.4, -0.2) is 47.7 Å². The maximum absolute atomic E-state index is 5.73. The SMILES string of the molecule is CCCOc1ccc(-c2nc(N3CCN(Cc4ccccc4)CC3)c3ccccc3n2)cc1. The van der Waals surface area contributed by atoms with Gasteiger partial charge in [0.05, 0.1) is 12.1 Å². The van der Waals surface area contributed by atoms with Crippen LogP contribution in [-0.2, 0) is 6.54 Å². The number of benzene rings is 3. The Morgan fingerprint density at radius 2 is 1.52 bits per heavy atom. The first-order valence-corrected chi connectivity index (χ1v) is 11.8. The van der Waals surface area contributed by atoms with Gasteiger partial charge >= 0.3 is 0 Å². The van der Waals surface area contributed by atoms with E-state index in [9.17, 15) is 0 Å². The fraction of sp³-hybridized carbons (Fsp3) is 0.286. The topological polar surface area (TPSA) is 41.5 Å². The molecule has 0 N–H and O–H groups in total. The van der Waals surface area contributed by atoms with Crippen LogP contribution in [0.2, 0.25) is 0 Å². The number of hydrogen-bond donors (Lipinski definition) is 0. The van der Waals surface area contributed by atoms with Crippen LogP contribution in [0, 0.1) is 0 Å². The maximum atomic E-state index is 5.73. The number of anilines is 1. The molecule has 168 valence electrons. The van der Waals surface area contributed by atoms with Crippen molar-refractivity contribution in [1.29, 1.82) is 0 Å². The fourth-order valence-electron chi connectivity index (χ4n) is 4.31. The molecule has 0 amide bonds. The highest BCUT2D eigenvalue weighted by molar-refractivity contribution is 5.91. The Bertz CT molecular complexity index is 1190. The third-order valence-electron chi connectivity index (χ3n) is 6.09. The first kappa shape index (κ1) is 21.4. The minimum Gasteiger partial charge on any atom is -0.494 e. The molecule has 0 aliphatic carbocycles. The predicted molar refractivity (Wildman–Crippen MR) is 135 cm³/mol. The second-order valence-electron chi connectivity index (χ2n) is 8.51. The Balaban J connectivity index is 1.38. The maximum Gasteiger partial charge on any atom is 0.162 e. The van der Waals surface area contributed by atoms with Crippen molar-refractivity contribution in [3.8, 4) is 17.1 Å². The standard InChI is InChI=1S/C28H30N4O/c1-2-20-33-24-14-12-23(13-15-24)27-29-26-11-7-6-10-25(26)28(30-27)32-18-16-31(17-19-32)21-22-8-4-3-5-9-22/h3-15H,2,16-21H2,1H3. The Kier molecular flexibility index (Phi) is 6.49. The number of hydrogen-bond acceptors (Lipinski definition) is 5. The van der Waals surface area contributed by atoms with Gasteiger partial charge in [-0.3, -0.25) is 4.90 Å². The monoisotopic (exact) mass is 438 g/mol. The van der Waals surface area contributed by atoms with Crippen LogP contribution >= 0.6 is 0 Å². The van der Waals surface area contributed by atoms with Crippen LogP contribution in [0.5, 0.6) is 5.75 Å². The smallest absolute Gasteiger partial charge is 0.162 e. The summed E-state index contributed by atoms with van der Waals surface area (Å²) in [5.41, 5.74) is 3.36. The van der Waals surface area contributed by atoms with E-state index in [4.69, 9.17) is 14.7 Å². The van der Waals surface area contributed by atoms with Crippen molar-refractivity contribution in [2.75, 3.05) is 37.7 Å². The number of para-hydroxylation sites is 1. The summed E-state index contributed by atoms with van der Waals surface area (Å²) in [6.45, 7) is 7.79. The number of ether oxygens (including phenoxy) is 1. The largest absolute Gasteiger partial charge is 0.494 e. The van der Waals surface area contributed by atoms with Gasteiger partial charge in [0.25, 0.3) is 0 Å². The van der Waals surface area contributed by atoms with Gasteiger partial charge in [0.1, 0.15) is 11.6 Å². The van der Waals surface area contributed by atoms with Gasteiger partial charge in [-0.25, -0.2) is 9.97 Å². The third-order valence-corrected chi connectivity index (χ3v) is 6.09. The van der Waals surface area contributed by atoms with Gasteiger partial charge in [-0.1, -0.05) is 49.4 Å². The van der Waals surface area contributed by atoms with E-state index in [2.05, 4.69) is 77.4 Å². The zero-order valence-corrected chi connectivity index (χ0v) is 19.2. The zero-order chi connectivity index (χ0) is 22.5. The Morgan fingerprint density at radius 1 is 0.788 bits per heavy atom. The van der Waals surface area contributed by atoms with Gasteiger partial charge in [0.15, 0.2) is 5.82 Å². The number of rotatable bonds is 7. The molecule has 1 aromatic heterocycles. The van der Waals surface area contributed by atoms with E-state index < -0.39 is 0 Å². The summed E-state index contributed by atoms with van der Waals surface area (Å²) in [5, 5.41) is 1.11. The summed E-state index contributed by atoms with van der Waals surface area (Å²) in [6, 6.07) is 27.1. The molecule has 1 fully saturated rings. The van der Waals surface area contributed by atoms with Gasteiger partial charge in [0, 0.05) is 43.7 Å². The van der Waals surface area contributed by atoms with E-state index in [1.54, 1.807) is 0 Å². The highest BCUT2D eigenvalue weighted by Crippen LogP contribution is 2.29. The molecule has 5 rings (SSSR count). The van der Waals surface area contributed by atoms with Crippen LogP contribution in [0.15, 0.2) is 78.9 Å². The molecule has 5 nitrogen and oxygen atoms in total. The molecule has 1 aliphatic rings. The van der Waals surface area contributed by atoms with Gasteiger partial charge in [-0.2, -0.15) is 0 Å². The molecule has 4 aromatic rings. The predicted octanol–water partition coefficient (Wildman–Crippen LogP) is 5.41. The molecule has 1 aliphatic heterocycles. The number of fused-ring (bicyclic) bond motifs is 1. The molecule has 0 atom stereocenters. The second kappa shape index (κ2) is 10.0. The molecular weight excluding hydrogens is 408 g/mol. The molecule has 5 heteroatoms. The lowest BCUT2D eigenvalue weighted by Crippen LogP contribution is -2.46. The van der Waals surface area contributed by atoms with Crippen molar-refractivity contribution in [2.45, 2.75) is 19.9 Å². The van der Waals surface area contributed by atoms with E-state index in [0.29, 0.717) is 0 Å². The molecule has 0 saturated carbocycles. The van der Waals surface area contributed by atoms with E-state index in [-0.39, 0.29) is 0 Å². The molecule has 0 unspecified atom stereocenters. The Hall–Kier alpha value is -3.44. The molecule has 3 aromatic carbocycles. The molecule has 1 saturated heterocycles. The minimum absolute atomic E-state index is 0.728. The van der Waals surface area contributed by atoms with E-state index in [1.165, 1.54) is 5.56 Å². The first-order chi connectivity index (χ1) is 16.3. The van der Waals surface area contributed by atoms with Gasteiger partial charge < -0.3 is 9.64 Å². The van der Waals surface area contributed by atoms with E-state index in [1.807, 2.05) is 18.2 Å².